The first kappa shape index (κ1) is 15.0. The Bertz CT molecular complexity index is 979. The largest absolute Gasteiger partial charge is 0.295 e. The second kappa shape index (κ2) is 5.34. The first-order chi connectivity index (χ1) is 12.1. The second-order valence-corrected chi connectivity index (χ2v) is 7.74. The molecule has 8 heteroatoms. The number of aromatic nitrogens is 4. The second-order valence-electron chi connectivity index (χ2n) is 6.73. The molecule has 25 heavy (non-hydrogen) atoms. The number of thiazole rings is 1. The molecule has 1 saturated heterocycles. The Balaban J connectivity index is 1.49. The van der Waals surface area contributed by atoms with E-state index in [1.54, 1.807) is 52.5 Å². The Morgan fingerprint density at radius 3 is 3.16 bits per heavy atom. The van der Waals surface area contributed by atoms with Crippen LogP contribution in [0.1, 0.15) is 39.8 Å². The van der Waals surface area contributed by atoms with E-state index in [0.717, 1.165) is 11.6 Å². The van der Waals surface area contributed by atoms with Crippen molar-refractivity contribution in [1.29, 1.82) is 0 Å². The molecule has 0 radical (unpaired) electrons. The average molecular weight is 354 g/mol. The van der Waals surface area contributed by atoms with Gasteiger partial charge in [0.05, 0.1) is 11.9 Å². The molecule has 0 aliphatic carbocycles. The minimum absolute atomic E-state index is 0.127. The van der Waals surface area contributed by atoms with Crippen molar-refractivity contribution in [2.45, 2.75) is 31.3 Å². The van der Waals surface area contributed by atoms with Crippen LogP contribution in [-0.4, -0.2) is 50.5 Å². The monoisotopic (exact) mass is 354 g/mol. The van der Waals surface area contributed by atoms with Gasteiger partial charge in [0.15, 0.2) is 10.8 Å². The molecule has 3 aromatic rings. The van der Waals surface area contributed by atoms with Crippen LogP contribution >= 0.6 is 11.3 Å². The van der Waals surface area contributed by atoms with Gasteiger partial charge in [0.2, 0.25) is 0 Å². The van der Waals surface area contributed by atoms with Gasteiger partial charge in [-0.15, -0.1) is 0 Å². The van der Waals surface area contributed by atoms with Gasteiger partial charge in [-0.3, -0.25) is 14.6 Å². The lowest BCUT2D eigenvalue weighted by Crippen LogP contribution is -2.33. The molecular weight excluding hydrogens is 336 g/mol. The predicted octanol–water partition coefficient (Wildman–Crippen LogP) is 2.15. The van der Waals surface area contributed by atoms with Crippen LogP contribution in [0.3, 0.4) is 0 Å². The Morgan fingerprint density at radius 1 is 1.40 bits per heavy atom. The summed E-state index contributed by atoms with van der Waals surface area (Å²) < 4.78 is 1.61. The maximum absolute atomic E-state index is 12.9. The third-order valence-corrected chi connectivity index (χ3v) is 6.67. The molecule has 1 amide bonds. The van der Waals surface area contributed by atoms with E-state index >= 15 is 0 Å². The van der Waals surface area contributed by atoms with Crippen LogP contribution in [0, 0.1) is 0 Å². The lowest BCUT2D eigenvalue weighted by atomic mass is 10.1. The highest BCUT2D eigenvalue weighted by atomic mass is 32.1. The van der Waals surface area contributed by atoms with Crippen molar-refractivity contribution in [2.24, 2.45) is 0 Å². The van der Waals surface area contributed by atoms with Crippen molar-refractivity contribution in [3.8, 4) is 0 Å². The Labute approximate surface area is 148 Å². The molecule has 128 valence electrons. The number of likely N-dealkylation sites (N-methyl/N-ethyl adjacent to an activating group) is 1. The fourth-order valence-electron chi connectivity index (χ4n) is 3.94. The molecular formula is C17H18N6OS. The van der Waals surface area contributed by atoms with E-state index in [1.165, 1.54) is 23.4 Å². The molecule has 2 aliphatic rings. The van der Waals surface area contributed by atoms with E-state index in [4.69, 9.17) is 4.98 Å². The van der Waals surface area contributed by atoms with Crippen molar-refractivity contribution in [2.75, 3.05) is 19.0 Å². The lowest BCUT2D eigenvalue weighted by molar-refractivity contribution is 0.0994. The maximum atomic E-state index is 12.9. The zero-order chi connectivity index (χ0) is 17.1. The number of amides is 1. The van der Waals surface area contributed by atoms with Crippen LogP contribution in [0.4, 0.5) is 5.13 Å². The highest BCUT2D eigenvalue weighted by molar-refractivity contribution is 7.16. The number of rotatable bonds is 2. The third kappa shape index (κ3) is 2.14. The van der Waals surface area contributed by atoms with Gasteiger partial charge in [0.1, 0.15) is 5.56 Å². The molecule has 0 saturated carbocycles. The fourth-order valence-corrected chi connectivity index (χ4v) is 5.18. The topological polar surface area (TPSA) is 66.6 Å². The minimum Gasteiger partial charge on any atom is -0.295 e. The maximum Gasteiger partial charge on any atom is 0.265 e. The number of carbonyl (C=O) groups is 1. The van der Waals surface area contributed by atoms with Crippen LogP contribution in [0.15, 0.2) is 24.7 Å². The van der Waals surface area contributed by atoms with Gasteiger partial charge < -0.3 is 0 Å². The molecule has 0 aromatic carbocycles. The smallest absolute Gasteiger partial charge is 0.265 e. The van der Waals surface area contributed by atoms with E-state index in [1.807, 2.05) is 0 Å². The lowest BCUT2D eigenvalue weighted by Gasteiger charge is -2.29. The summed E-state index contributed by atoms with van der Waals surface area (Å²) >= 11 is 1.64. The number of carbonyl (C=O) groups excluding carboxylic acids is 1. The van der Waals surface area contributed by atoms with Gasteiger partial charge in [-0.2, -0.15) is 5.10 Å². The van der Waals surface area contributed by atoms with Crippen molar-refractivity contribution >= 4 is 28.0 Å². The van der Waals surface area contributed by atoms with Crippen molar-refractivity contribution < 1.29 is 4.79 Å². The van der Waals surface area contributed by atoms with E-state index < -0.39 is 0 Å². The zero-order valence-corrected chi connectivity index (χ0v) is 14.9. The molecule has 0 spiro atoms. The quantitative estimate of drug-likeness (QED) is 0.705. The summed E-state index contributed by atoms with van der Waals surface area (Å²) in [5.74, 6) is -0.127. The fraction of sp³-hybridized carbons (Fsp3) is 0.412. The van der Waals surface area contributed by atoms with Crippen LogP contribution < -0.4 is 4.90 Å². The first-order valence-corrected chi connectivity index (χ1v) is 9.23. The zero-order valence-electron chi connectivity index (χ0n) is 14.1. The van der Waals surface area contributed by atoms with E-state index in [2.05, 4.69) is 22.0 Å². The average Bonchev–Trinajstić information content (AvgIpc) is 3.30. The molecule has 5 heterocycles. The van der Waals surface area contributed by atoms with Crippen molar-refractivity contribution in [1.82, 2.24) is 24.5 Å². The van der Waals surface area contributed by atoms with E-state index in [0.29, 0.717) is 23.3 Å². The number of hydrogen-bond acceptors (Lipinski definition) is 6. The Hall–Kier alpha value is -2.32. The van der Waals surface area contributed by atoms with Crippen molar-refractivity contribution in [3.05, 3.63) is 40.8 Å². The summed E-state index contributed by atoms with van der Waals surface area (Å²) in [4.78, 5) is 27.4. The summed E-state index contributed by atoms with van der Waals surface area (Å²) in [6.07, 6.45) is 8.44. The molecule has 2 unspecified atom stereocenters. The number of hydrogen-bond donors (Lipinski definition) is 0. The third-order valence-electron chi connectivity index (χ3n) is 5.39. The van der Waals surface area contributed by atoms with Gasteiger partial charge in [-0.1, -0.05) is 11.3 Å². The molecule has 1 fully saturated rings. The Morgan fingerprint density at radius 2 is 2.28 bits per heavy atom. The summed E-state index contributed by atoms with van der Waals surface area (Å²) in [5.41, 5.74) is 2.23. The van der Waals surface area contributed by atoms with Gasteiger partial charge in [0, 0.05) is 42.8 Å². The van der Waals surface area contributed by atoms with Crippen LogP contribution in [-0.2, 0) is 6.42 Å². The normalized spacial score (nSPS) is 22.3. The van der Waals surface area contributed by atoms with E-state index in [-0.39, 0.29) is 5.91 Å². The highest BCUT2D eigenvalue weighted by Gasteiger charge is 2.40. The standard InChI is InChI=1S/C17H18N6OS/c1-21-10-4-5-13(21)14-12(8-10)20-17(25-14)22(2)16(24)11-9-19-23-7-3-6-18-15(11)23/h3,6-7,9-10,13H,4-5,8H2,1-2H3. The van der Waals surface area contributed by atoms with Gasteiger partial charge >= 0.3 is 0 Å². The molecule has 0 N–H and O–H groups in total. The number of nitrogens with zero attached hydrogens (tertiary/aromatic N) is 6. The molecule has 5 rings (SSSR count). The van der Waals surface area contributed by atoms with Crippen molar-refractivity contribution in [3.63, 3.8) is 0 Å². The summed E-state index contributed by atoms with van der Waals surface area (Å²) in [7, 11) is 3.98. The molecule has 2 bridgehead atoms. The van der Waals surface area contributed by atoms with Crippen LogP contribution in [0.5, 0.6) is 0 Å². The molecule has 3 aromatic heterocycles. The number of fused-ring (bicyclic) bond motifs is 5. The van der Waals surface area contributed by atoms with Crippen LogP contribution in [0.25, 0.3) is 5.65 Å². The highest BCUT2D eigenvalue weighted by Crippen LogP contribution is 2.46. The van der Waals surface area contributed by atoms with Gasteiger partial charge in [-0.05, 0) is 26.0 Å². The SMILES string of the molecule is CN(C(=O)c1cnn2cccnc12)c1nc2c(s1)C1CCC(C2)N1C. The molecule has 7 nitrogen and oxygen atoms in total. The summed E-state index contributed by atoms with van der Waals surface area (Å²) in [6, 6.07) is 2.85. The van der Waals surface area contributed by atoms with E-state index in [9.17, 15) is 4.79 Å². The number of anilines is 1. The minimum atomic E-state index is -0.127. The molecule has 2 aliphatic heterocycles. The Kier molecular flexibility index (Phi) is 3.20. The van der Waals surface area contributed by atoms with Gasteiger partial charge in [-0.25, -0.2) is 14.5 Å². The molecule has 2 atom stereocenters. The predicted molar refractivity (Wildman–Crippen MR) is 95.1 cm³/mol. The van der Waals surface area contributed by atoms with Crippen LogP contribution in [0.2, 0.25) is 0 Å². The first-order valence-electron chi connectivity index (χ1n) is 8.41. The summed E-state index contributed by atoms with van der Waals surface area (Å²) in [5, 5.41) is 4.96. The van der Waals surface area contributed by atoms with Gasteiger partial charge in [0.25, 0.3) is 5.91 Å². The summed E-state index contributed by atoms with van der Waals surface area (Å²) in [6.45, 7) is 0.